The second-order valence-electron chi connectivity index (χ2n) is 9.25. The van der Waals surface area contributed by atoms with Gasteiger partial charge in [0.05, 0.1) is 7.11 Å². The van der Waals surface area contributed by atoms with E-state index in [-0.39, 0.29) is 0 Å². The van der Waals surface area contributed by atoms with Gasteiger partial charge in [0.15, 0.2) is 0 Å². The minimum atomic E-state index is 0.433. The first-order valence-corrected chi connectivity index (χ1v) is 10.6. The number of fused-ring (bicyclic) bond motifs is 3. The summed E-state index contributed by atoms with van der Waals surface area (Å²) in [7, 11) is 3.96. The van der Waals surface area contributed by atoms with Gasteiger partial charge in [-0.3, -0.25) is 0 Å². The Morgan fingerprint density at radius 2 is 1.89 bits per heavy atom. The van der Waals surface area contributed by atoms with Crippen molar-refractivity contribution < 1.29 is 4.74 Å². The van der Waals surface area contributed by atoms with E-state index in [0.29, 0.717) is 5.41 Å². The standard InChI is InChI=1S/C26H33NO/c1-7-21-17(2)25-24(15-23(21)18-10-12-26(3,4)13-11-18)22-9-8-20(28-6)14-19(22)16-27(25)5/h8-10,14-15H,7,11-13,16H2,1-6H3. The number of ether oxygens (including phenoxy) is 1. The van der Waals surface area contributed by atoms with Crippen LogP contribution >= 0.6 is 0 Å². The molecule has 0 radical (unpaired) electrons. The molecule has 0 bridgehead atoms. The second kappa shape index (κ2) is 6.99. The number of benzene rings is 2. The molecule has 2 aliphatic rings. The first kappa shape index (κ1) is 19.1. The Hall–Kier alpha value is -2.22. The molecular weight excluding hydrogens is 342 g/mol. The molecule has 4 rings (SSSR count). The van der Waals surface area contributed by atoms with Crippen molar-refractivity contribution in [2.24, 2.45) is 5.41 Å². The fourth-order valence-electron chi connectivity index (χ4n) is 5.03. The predicted octanol–water partition coefficient (Wildman–Crippen LogP) is 6.78. The summed E-state index contributed by atoms with van der Waals surface area (Å²) in [4.78, 5) is 2.41. The molecule has 148 valence electrons. The van der Waals surface area contributed by atoms with E-state index in [9.17, 15) is 0 Å². The van der Waals surface area contributed by atoms with Crippen molar-refractivity contribution in [2.75, 3.05) is 19.1 Å². The maximum atomic E-state index is 5.47. The number of allylic oxidation sites excluding steroid dienone is 2. The lowest BCUT2D eigenvalue weighted by atomic mass is 9.75. The summed E-state index contributed by atoms with van der Waals surface area (Å²) < 4.78 is 5.47. The van der Waals surface area contributed by atoms with Gasteiger partial charge in [0.25, 0.3) is 0 Å². The zero-order chi connectivity index (χ0) is 20.1. The van der Waals surface area contributed by atoms with Gasteiger partial charge in [-0.1, -0.05) is 32.9 Å². The molecule has 0 spiro atoms. The van der Waals surface area contributed by atoms with Crippen LogP contribution in [0.2, 0.25) is 0 Å². The van der Waals surface area contributed by atoms with E-state index in [4.69, 9.17) is 4.74 Å². The normalized spacial score (nSPS) is 17.6. The van der Waals surface area contributed by atoms with Crippen molar-refractivity contribution in [2.45, 2.75) is 59.9 Å². The molecule has 0 fully saturated rings. The van der Waals surface area contributed by atoms with Crippen LogP contribution in [0, 0.1) is 12.3 Å². The Morgan fingerprint density at radius 1 is 1.11 bits per heavy atom. The smallest absolute Gasteiger partial charge is 0.119 e. The highest BCUT2D eigenvalue weighted by Gasteiger charge is 2.28. The zero-order valence-electron chi connectivity index (χ0n) is 18.3. The molecule has 0 atom stereocenters. The van der Waals surface area contributed by atoms with Crippen LogP contribution in [0.15, 0.2) is 30.3 Å². The maximum Gasteiger partial charge on any atom is 0.119 e. The fourth-order valence-corrected chi connectivity index (χ4v) is 5.03. The monoisotopic (exact) mass is 375 g/mol. The summed E-state index contributed by atoms with van der Waals surface area (Å²) in [6, 6.07) is 9.01. The van der Waals surface area contributed by atoms with Crippen molar-refractivity contribution in [3.05, 3.63) is 52.6 Å². The third kappa shape index (κ3) is 3.13. The van der Waals surface area contributed by atoms with E-state index in [1.165, 1.54) is 58.3 Å². The molecule has 2 nitrogen and oxygen atoms in total. The molecule has 0 amide bonds. The number of hydrogen-bond acceptors (Lipinski definition) is 2. The molecule has 0 aromatic heterocycles. The number of hydrogen-bond donors (Lipinski definition) is 0. The van der Waals surface area contributed by atoms with Crippen molar-refractivity contribution in [3.8, 4) is 16.9 Å². The van der Waals surface area contributed by atoms with Crippen molar-refractivity contribution in [1.82, 2.24) is 0 Å². The third-order valence-electron chi connectivity index (χ3n) is 6.74. The van der Waals surface area contributed by atoms with E-state index in [1.54, 1.807) is 12.7 Å². The van der Waals surface area contributed by atoms with Crippen molar-refractivity contribution >= 4 is 11.3 Å². The summed E-state index contributed by atoms with van der Waals surface area (Å²) in [5, 5.41) is 0. The first-order chi connectivity index (χ1) is 13.3. The average molecular weight is 376 g/mol. The quantitative estimate of drug-likeness (QED) is 0.586. The summed E-state index contributed by atoms with van der Waals surface area (Å²) >= 11 is 0. The highest BCUT2D eigenvalue weighted by molar-refractivity contribution is 5.90. The zero-order valence-corrected chi connectivity index (χ0v) is 18.3. The van der Waals surface area contributed by atoms with Gasteiger partial charge in [-0.05, 0) is 89.6 Å². The molecule has 1 heterocycles. The summed E-state index contributed by atoms with van der Waals surface area (Å²) in [5.74, 6) is 0.940. The lowest BCUT2D eigenvalue weighted by Gasteiger charge is -2.35. The SMILES string of the molecule is CCc1c(C2=CCC(C)(C)CC2)cc2c(c1C)N(C)Cc1cc(OC)ccc1-2. The van der Waals surface area contributed by atoms with Crippen LogP contribution in [0.1, 0.15) is 62.3 Å². The Kier molecular flexibility index (Phi) is 4.77. The molecule has 28 heavy (non-hydrogen) atoms. The minimum absolute atomic E-state index is 0.433. The maximum absolute atomic E-state index is 5.47. The Bertz CT molecular complexity index is 951. The molecular formula is C26H33NO. The molecule has 0 saturated carbocycles. The molecule has 0 N–H and O–H groups in total. The van der Waals surface area contributed by atoms with E-state index in [2.05, 4.69) is 70.0 Å². The Balaban J connectivity index is 1.91. The van der Waals surface area contributed by atoms with E-state index >= 15 is 0 Å². The van der Waals surface area contributed by atoms with Crippen LogP contribution < -0.4 is 9.64 Å². The largest absolute Gasteiger partial charge is 0.497 e. The Labute approximate surface area is 170 Å². The molecule has 2 aromatic rings. The van der Waals surface area contributed by atoms with Gasteiger partial charge < -0.3 is 9.64 Å². The van der Waals surface area contributed by atoms with Crippen molar-refractivity contribution in [3.63, 3.8) is 0 Å². The van der Waals surface area contributed by atoms with Crippen molar-refractivity contribution in [1.29, 1.82) is 0 Å². The van der Waals surface area contributed by atoms with Crippen LogP contribution in [0.3, 0.4) is 0 Å². The predicted molar refractivity (Wildman–Crippen MR) is 120 cm³/mol. The summed E-state index contributed by atoms with van der Waals surface area (Å²) in [5.41, 5.74) is 11.9. The van der Waals surface area contributed by atoms with Crippen LogP contribution in [0.4, 0.5) is 5.69 Å². The molecule has 1 aliphatic carbocycles. The number of methoxy groups -OCH3 is 1. The van der Waals surface area contributed by atoms with Gasteiger partial charge in [0, 0.05) is 24.8 Å². The molecule has 2 heteroatoms. The number of anilines is 1. The van der Waals surface area contributed by atoms with Gasteiger partial charge in [0.2, 0.25) is 0 Å². The fraction of sp³-hybridized carbons (Fsp3) is 0.462. The average Bonchev–Trinajstić information content (AvgIpc) is 2.67. The van der Waals surface area contributed by atoms with E-state index < -0.39 is 0 Å². The van der Waals surface area contributed by atoms with Gasteiger partial charge in [-0.15, -0.1) is 0 Å². The second-order valence-corrected chi connectivity index (χ2v) is 9.25. The molecule has 0 unspecified atom stereocenters. The number of rotatable bonds is 3. The van der Waals surface area contributed by atoms with Gasteiger partial charge in [-0.2, -0.15) is 0 Å². The summed E-state index contributed by atoms with van der Waals surface area (Å²) in [6.07, 6.45) is 7.22. The van der Waals surface area contributed by atoms with E-state index in [1.807, 2.05) is 0 Å². The third-order valence-corrected chi connectivity index (χ3v) is 6.74. The highest BCUT2D eigenvalue weighted by atomic mass is 16.5. The number of nitrogens with zero attached hydrogens (tertiary/aromatic N) is 1. The molecule has 2 aromatic carbocycles. The van der Waals surface area contributed by atoms with Gasteiger partial charge >= 0.3 is 0 Å². The minimum Gasteiger partial charge on any atom is -0.497 e. The lowest BCUT2D eigenvalue weighted by Crippen LogP contribution is -2.24. The highest BCUT2D eigenvalue weighted by Crippen LogP contribution is 2.47. The topological polar surface area (TPSA) is 12.5 Å². The van der Waals surface area contributed by atoms with Crippen LogP contribution in [0.25, 0.3) is 16.7 Å². The lowest BCUT2D eigenvalue weighted by molar-refractivity contribution is 0.335. The summed E-state index contributed by atoms with van der Waals surface area (Å²) in [6.45, 7) is 10.3. The van der Waals surface area contributed by atoms with E-state index in [0.717, 1.165) is 18.7 Å². The van der Waals surface area contributed by atoms with Gasteiger partial charge in [0.1, 0.15) is 5.75 Å². The van der Waals surface area contributed by atoms with Crippen LogP contribution in [0.5, 0.6) is 5.75 Å². The molecule has 1 aliphatic heterocycles. The van der Waals surface area contributed by atoms with Gasteiger partial charge in [-0.25, -0.2) is 0 Å². The van der Waals surface area contributed by atoms with Crippen LogP contribution in [-0.2, 0) is 13.0 Å². The first-order valence-electron chi connectivity index (χ1n) is 10.6. The van der Waals surface area contributed by atoms with Crippen LogP contribution in [-0.4, -0.2) is 14.2 Å². The Morgan fingerprint density at radius 3 is 2.54 bits per heavy atom. The molecule has 0 saturated heterocycles.